The van der Waals surface area contributed by atoms with Gasteiger partial charge in [-0.1, -0.05) is 11.8 Å². The first-order valence-electron chi connectivity index (χ1n) is 6.83. The van der Waals surface area contributed by atoms with E-state index in [4.69, 9.17) is 4.74 Å². The molecule has 0 amide bonds. The first-order valence-corrected chi connectivity index (χ1v) is 7.71. The highest BCUT2D eigenvalue weighted by atomic mass is 32.2. The van der Waals surface area contributed by atoms with Crippen LogP contribution in [0.3, 0.4) is 0 Å². The van der Waals surface area contributed by atoms with E-state index in [1.54, 1.807) is 11.8 Å². The Kier molecular flexibility index (Phi) is 5.19. The van der Waals surface area contributed by atoms with Crippen LogP contribution in [0.5, 0.6) is 0 Å². The molecule has 5 heteroatoms. The molecule has 19 heavy (non-hydrogen) atoms. The molecule has 1 N–H and O–H groups in total. The predicted molar refractivity (Wildman–Crippen MR) is 78.3 cm³/mol. The Morgan fingerprint density at radius 3 is 2.47 bits per heavy atom. The fourth-order valence-corrected chi connectivity index (χ4v) is 2.76. The Balaban J connectivity index is 1.83. The van der Waals surface area contributed by atoms with E-state index >= 15 is 0 Å². The minimum absolute atomic E-state index is 0.121. The van der Waals surface area contributed by atoms with E-state index in [0.29, 0.717) is 5.25 Å². The molecule has 0 saturated carbocycles. The number of ether oxygens (including phenoxy) is 1. The topological polar surface area (TPSA) is 47.0 Å². The summed E-state index contributed by atoms with van der Waals surface area (Å²) in [5.41, 5.74) is 1.25. The average molecular weight is 281 g/mol. The Morgan fingerprint density at radius 2 is 1.89 bits per heavy atom. The largest absolute Gasteiger partial charge is 0.381 e. The van der Waals surface area contributed by atoms with Gasteiger partial charge in [0.15, 0.2) is 5.16 Å². The van der Waals surface area contributed by atoms with Gasteiger partial charge in [-0.2, -0.15) is 0 Å². The fourth-order valence-electron chi connectivity index (χ4n) is 1.81. The molecule has 1 aliphatic rings. The summed E-state index contributed by atoms with van der Waals surface area (Å²) in [5.74, 6) is 0. The molecular weight excluding hydrogens is 258 g/mol. The smallest absolute Gasteiger partial charge is 0.187 e. The molecule has 1 aliphatic heterocycles. The quantitative estimate of drug-likeness (QED) is 0.860. The van der Waals surface area contributed by atoms with Crippen LogP contribution in [-0.2, 0) is 11.3 Å². The molecule has 0 bridgehead atoms. The summed E-state index contributed by atoms with van der Waals surface area (Å²) < 4.78 is 5.36. The van der Waals surface area contributed by atoms with E-state index in [2.05, 4.69) is 36.1 Å². The fraction of sp³-hybridized carbons (Fsp3) is 0.714. The normalized spacial score (nSPS) is 17.6. The van der Waals surface area contributed by atoms with Gasteiger partial charge in [0, 0.05) is 48.5 Å². The number of rotatable bonds is 4. The molecule has 1 fully saturated rings. The van der Waals surface area contributed by atoms with Crippen molar-refractivity contribution < 1.29 is 4.74 Å². The molecule has 2 rings (SSSR count). The third-order valence-electron chi connectivity index (χ3n) is 2.94. The molecule has 0 spiro atoms. The van der Waals surface area contributed by atoms with Crippen molar-refractivity contribution in [1.82, 2.24) is 15.3 Å². The van der Waals surface area contributed by atoms with Gasteiger partial charge in [0.05, 0.1) is 0 Å². The Morgan fingerprint density at radius 1 is 1.26 bits per heavy atom. The first kappa shape index (κ1) is 14.8. The number of thioether (sulfide) groups is 1. The first-order chi connectivity index (χ1) is 9.03. The average Bonchev–Trinajstić information content (AvgIpc) is 2.38. The van der Waals surface area contributed by atoms with E-state index in [9.17, 15) is 0 Å². The summed E-state index contributed by atoms with van der Waals surface area (Å²) in [6.07, 6.45) is 6.05. The lowest BCUT2D eigenvalue weighted by atomic mass is 10.1. The van der Waals surface area contributed by atoms with Crippen LogP contribution in [0.15, 0.2) is 17.6 Å². The molecule has 1 aromatic rings. The van der Waals surface area contributed by atoms with Crippen LogP contribution in [0.2, 0.25) is 0 Å². The standard InChI is InChI=1S/C14H23N3OS/c1-14(2,3)17-10-11-8-15-13(16-9-11)19-12-4-6-18-7-5-12/h8-9,12,17H,4-7,10H2,1-3H3. The van der Waals surface area contributed by atoms with Crippen molar-refractivity contribution in [3.05, 3.63) is 18.0 Å². The molecule has 106 valence electrons. The van der Waals surface area contributed by atoms with Crippen LogP contribution in [0.25, 0.3) is 0 Å². The van der Waals surface area contributed by atoms with Gasteiger partial charge in [0.2, 0.25) is 0 Å². The van der Waals surface area contributed by atoms with E-state index in [1.807, 2.05) is 12.4 Å². The number of nitrogens with zero attached hydrogens (tertiary/aromatic N) is 2. The zero-order valence-corrected chi connectivity index (χ0v) is 12.8. The van der Waals surface area contributed by atoms with Crippen LogP contribution in [0, 0.1) is 0 Å². The van der Waals surface area contributed by atoms with Crippen molar-refractivity contribution in [2.75, 3.05) is 13.2 Å². The molecule has 1 saturated heterocycles. The zero-order chi connectivity index (χ0) is 13.7. The van der Waals surface area contributed by atoms with Crippen LogP contribution in [-0.4, -0.2) is 34.0 Å². The van der Waals surface area contributed by atoms with Crippen LogP contribution < -0.4 is 5.32 Å². The maximum atomic E-state index is 5.36. The lowest BCUT2D eigenvalue weighted by Gasteiger charge is -2.21. The molecule has 0 atom stereocenters. The number of hydrogen-bond acceptors (Lipinski definition) is 5. The highest BCUT2D eigenvalue weighted by Crippen LogP contribution is 2.26. The van der Waals surface area contributed by atoms with E-state index in [0.717, 1.165) is 43.3 Å². The maximum Gasteiger partial charge on any atom is 0.187 e. The van der Waals surface area contributed by atoms with Gasteiger partial charge in [-0.3, -0.25) is 0 Å². The van der Waals surface area contributed by atoms with Crippen LogP contribution in [0.1, 0.15) is 39.2 Å². The van der Waals surface area contributed by atoms with Crippen molar-refractivity contribution >= 4 is 11.8 Å². The predicted octanol–water partition coefficient (Wildman–Crippen LogP) is 2.64. The summed E-state index contributed by atoms with van der Waals surface area (Å²) in [6, 6.07) is 0. The lowest BCUT2D eigenvalue weighted by molar-refractivity contribution is 0.1000. The lowest BCUT2D eigenvalue weighted by Crippen LogP contribution is -2.35. The molecule has 0 radical (unpaired) electrons. The Bertz CT molecular complexity index is 383. The van der Waals surface area contributed by atoms with Gasteiger partial charge < -0.3 is 10.1 Å². The van der Waals surface area contributed by atoms with Gasteiger partial charge in [0.1, 0.15) is 0 Å². The molecule has 2 heterocycles. The second-order valence-corrected chi connectivity index (χ2v) is 7.17. The summed E-state index contributed by atoms with van der Waals surface area (Å²) in [7, 11) is 0. The van der Waals surface area contributed by atoms with Gasteiger partial charge in [-0.25, -0.2) is 9.97 Å². The second-order valence-electron chi connectivity index (χ2n) is 5.91. The molecule has 1 aromatic heterocycles. The highest BCUT2D eigenvalue weighted by molar-refractivity contribution is 7.99. The summed E-state index contributed by atoms with van der Waals surface area (Å²) in [5, 5.41) is 4.92. The van der Waals surface area contributed by atoms with Crippen molar-refractivity contribution in [3.8, 4) is 0 Å². The van der Waals surface area contributed by atoms with E-state index < -0.39 is 0 Å². The van der Waals surface area contributed by atoms with Gasteiger partial charge in [-0.05, 0) is 33.6 Å². The van der Waals surface area contributed by atoms with Crippen LogP contribution >= 0.6 is 11.8 Å². The Hall–Kier alpha value is -0.650. The number of aromatic nitrogens is 2. The molecule has 4 nitrogen and oxygen atoms in total. The third kappa shape index (κ3) is 5.47. The van der Waals surface area contributed by atoms with E-state index in [-0.39, 0.29) is 5.54 Å². The third-order valence-corrected chi connectivity index (χ3v) is 4.17. The van der Waals surface area contributed by atoms with Crippen LogP contribution in [0.4, 0.5) is 0 Å². The SMILES string of the molecule is CC(C)(C)NCc1cnc(SC2CCOCC2)nc1. The highest BCUT2D eigenvalue weighted by Gasteiger charge is 2.16. The summed E-state index contributed by atoms with van der Waals surface area (Å²) in [6.45, 7) is 9.01. The van der Waals surface area contributed by atoms with Crippen molar-refractivity contribution in [2.24, 2.45) is 0 Å². The number of nitrogens with one attached hydrogen (secondary N) is 1. The summed E-state index contributed by atoms with van der Waals surface area (Å²) in [4.78, 5) is 8.89. The number of hydrogen-bond donors (Lipinski definition) is 1. The zero-order valence-electron chi connectivity index (χ0n) is 12.0. The van der Waals surface area contributed by atoms with Gasteiger partial charge in [0.25, 0.3) is 0 Å². The van der Waals surface area contributed by atoms with E-state index in [1.165, 1.54) is 0 Å². The van der Waals surface area contributed by atoms with Crippen molar-refractivity contribution in [3.63, 3.8) is 0 Å². The van der Waals surface area contributed by atoms with Gasteiger partial charge >= 0.3 is 0 Å². The van der Waals surface area contributed by atoms with Gasteiger partial charge in [-0.15, -0.1) is 0 Å². The summed E-state index contributed by atoms with van der Waals surface area (Å²) >= 11 is 1.77. The second kappa shape index (κ2) is 6.68. The van der Waals surface area contributed by atoms with Crippen molar-refractivity contribution in [1.29, 1.82) is 0 Å². The molecule has 0 unspecified atom stereocenters. The van der Waals surface area contributed by atoms with Crippen molar-refractivity contribution in [2.45, 2.75) is 56.1 Å². The minimum Gasteiger partial charge on any atom is -0.381 e. The minimum atomic E-state index is 0.121. The molecule has 0 aliphatic carbocycles. The molecular formula is C14H23N3OS. The Labute approximate surface area is 119 Å². The monoisotopic (exact) mass is 281 g/mol. The maximum absolute atomic E-state index is 5.36. The molecule has 0 aromatic carbocycles.